The van der Waals surface area contributed by atoms with E-state index in [1.807, 2.05) is 0 Å². The predicted octanol–water partition coefficient (Wildman–Crippen LogP) is 1.17. The number of benzene rings is 1. The summed E-state index contributed by atoms with van der Waals surface area (Å²) in [6, 6.07) is 4.97. The monoisotopic (exact) mass is 323 g/mol. The molecule has 0 atom stereocenters. The molecule has 8 nitrogen and oxygen atoms in total. The van der Waals surface area contributed by atoms with Crippen LogP contribution in [0.15, 0.2) is 24.3 Å². The Hall–Kier alpha value is -2.59. The number of hydrogen-bond acceptors (Lipinski definition) is 6. The molecule has 10 heteroatoms. The van der Waals surface area contributed by atoms with Gasteiger partial charge in [-0.15, -0.1) is 0 Å². The van der Waals surface area contributed by atoms with Gasteiger partial charge in [-0.05, 0) is 31.2 Å². The van der Waals surface area contributed by atoms with Crippen molar-refractivity contribution in [2.45, 2.75) is 6.92 Å². The van der Waals surface area contributed by atoms with E-state index in [2.05, 4.69) is 15.0 Å². The van der Waals surface area contributed by atoms with Gasteiger partial charge in [0.15, 0.2) is 11.5 Å². The van der Waals surface area contributed by atoms with Crippen molar-refractivity contribution in [3.63, 3.8) is 0 Å². The Morgan fingerprint density at radius 2 is 1.82 bits per heavy atom. The molecule has 3 N–H and O–H groups in total. The molecular weight excluding hydrogens is 313 g/mol. The van der Waals surface area contributed by atoms with E-state index in [1.165, 1.54) is 12.1 Å². The van der Waals surface area contributed by atoms with E-state index >= 15 is 0 Å². The lowest BCUT2D eigenvalue weighted by Crippen LogP contribution is -2.13. The van der Waals surface area contributed by atoms with Crippen LogP contribution in [0.25, 0.3) is 22.6 Å². The third kappa shape index (κ3) is 2.27. The van der Waals surface area contributed by atoms with Crippen LogP contribution < -0.4 is 5.73 Å². The first-order valence-electron chi connectivity index (χ1n) is 6.04. The van der Waals surface area contributed by atoms with Gasteiger partial charge in [-0.25, -0.2) is 14.4 Å². The van der Waals surface area contributed by atoms with Crippen LogP contribution in [-0.2, 0) is 10.3 Å². The number of imidazole rings is 1. The number of nitrogen functional groups attached to an aromatic ring is 1. The summed E-state index contributed by atoms with van der Waals surface area (Å²) >= 11 is 0. The Morgan fingerprint density at radius 1 is 1.18 bits per heavy atom. The maximum absolute atomic E-state index is 13.0. The maximum atomic E-state index is 13.0. The van der Waals surface area contributed by atoms with Crippen LogP contribution in [0, 0.1) is 12.7 Å². The number of nitrogens with zero attached hydrogens (tertiary/aromatic N) is 4. The second kappa shape index (κ2) is 4.71. The molecule has 0 fully saturated rings. The summed E-state index contributed by atoms with van der Waals surface area (Å²) in [7, 11) is -4.69. The average Bonchev–Trinajstić information content (AvgIpc) is 2.79. The summed E-state index contributed by atoms with van der Waals surface area (Å²) in [4.78, 5) is 11.9. The van der Waals surface area contributed by atoms with Crippen molar-refractivity contribution >= 4 is 27.4 Å². The van der Waals surface area contributed by atoms with Crippen molar-refractivity contribution < 1.29 is 17.4 Å². The number of aromatic nitrogens is 4. The molecule has 0 amide bonds. The van der Waals surface area contributed by atoms with Gasteiger partial charge in [0.1, 0.15) is 11.3 Å². The van der Waals surface area contributed by atoms with Gasteiger partial charge in [-0.3, -0.25) is 4.55 Å². The summed E-state index contributed by atoms with van der Waals surface area (Å²) in [6.07, 6.45) is 0. The van der Waals surface area contributed by atoms with Crippen molar-refractivity contribution in [3.05, 3.63) is 35.8 Å². The average molecular weight is 323 g/mol. The molecule has 0 aliphatic heterocycles. The summed E-state index contributed by atoms with van der Waals surface area (Å²) in [6.45, 7) is 1.58. The molecule has 0 spiro atoms. The Labute approximate surface area is 124 Å². The molecule has 0 unspecified atom stereocenters. The first-order valence-corrected chi connectivity index (χ1v) is 7.43. The molecule has 114 valence electrons. The molecule has 1 aromatic carbocycles. The first kappa shape index (κ1) is 14.4. The molecule has 0 aliphatic carbocycles. The zero-order chi connectivity index (χ0) is 16.1. The fraction of sp³-hybridized carbons (Fsp3) is 0.0833. The summed E-state index contributed by atoms with van der Waals surface area (Å²) in [5.74, 6) is -0.751. The highest BCUT2D eigenvalue weighted by molar-refractivity contribution is 7.84. The summed E-state index contributed by atoms with van der Waals surface area (Å²) in [5, 5.41) is 0. The van der Waals surface area contributed by atoms with Gasteiger partial charge in [0, 0.05) is 5.56 Å². The smallest absolute Gasteiger partial charge is 0.366 e. The fourth-order valence-corrected chi connectivity index (χ4v) is 2.81. The molecule has 2 heterocycles. The molecule has 3 aromatic rings. The Kier molecular flexibility index (Phi) is 3.07. The lowest BCUT2D eigenvalue weighted by molar-refractivity contribution is 0.474. The lowest BCUT2D eigenvalue weighted by atomic mass is 10.2. The van der Waals surface area contributed by atoms with Crippen LogP contribution >= 0.6 is 0 Å². The zero-order valence-electron chi connectivity index (χ0n) is 11.2. The largest absolute Gasteiger partial charge is 0.368 e. The van der Waals surface area contributed by atoms with Crippen molar-refractivity contribution in [1.29, 1.82) is 0 Å². The number of nitrogens with two attached hydrogens (primary N) is 1. The van der Waals surface area contributed by atoms with E-state index in [0.29, 0.717) is 9.67 Å². The highest BCUT2D eigenvalue weighted by atomic mass is 32.2. The van der Waals surface area contributed by atoms with Gasteiger partial charge in [0.05, 0.1) is 5.69 Å². The fourth-order valence-electron chi connectivity index (χ4n) is 2.10. The third-order valence-corrected chi connectivity index (χ3v) is 3.80. The van der Waals surface area contributed by atoms with E-state index in [0.717, 1.165) is 12.1 Å². The standard InChI is InChI=1S/C12H10FN5O3S/c1-6-9-11(17-12(14)15-6)18(22(19,20)21)10(16-9)7-2-4-8(13)5-3-7/h2-5H,1H3,(H2,14,15,17)(H,19,20,21). The Bertz CT molecular complexity index is 982. The quantitative estimate of drug-likeness (QED) is 0.678. The second-order valence-corrected chi connectivity index (χ2v) is 5.78. The summed E-state index contributed by atoms with van der Waals surface area (Å²) in [5.41, 5.74) is 6.18. The van der Waals surface area contributed by atoms with Gasteiger partial charge in [-0.2, -0.15) is 17.4 Å². The van der Waals surface area contributed by atoms with Gasteiger partial charge < -0.3 is 5.73 Å². The highest BCUT2D eigenvalue weighted by Gasteiger charge is 2.24. The van der Waals surface area contributed by atoms with E-state index in [-0.39, 0.29) is 28.5 Å². The molecular formula is C12H10FN5O3S. The van der Waals surface area contributed by atoms with Gasteiger partial charge in [0.2, 0.25) is 5.95 Å². The number of fused-ring (bicyclic) bond motifs is 1. The number of aryl methyl sites for hydroxylation is 1. The number of rotatable bonds is 2. The third-order valence-electron chi connectivity index (χ3n) is 2.99. The lowest BCUT2D eigenvalue weighted by Gasteiger charge is -2.04. The van der Waals surface area contributed by atoms with Crippen molar-refractivity contribution in [2.24, 2.45) is 0 Å². The van der Waals surface area contributed by atoms with Gasteiger partial charge >= 0.3 is 10.3 Å². The Balaban J connectivity index is 2.44. The van der Waals surface area contributed by atoms with Crippen molar-refractivity contribution in [1.82, 2.24) is 18.9 Å². The van der Waals surface area contributed by atoms with Crippen LogP contribution in [0.4, 0.5) is 10.3 Å². The predicted molar refractivity (Wildman–Crippen MR) is 76.8 cm³/mol. The SMILES string of the molecule is Cc1nc(N)nc2c1nc(-c1ccc(F)cc1)n2S(=O)(=O)O. The van der Waals surface area contributed by atoms with Crippen LogP contribution in [0.3, 0.4) is 0 Å². The maximum Gasteiger partial charge on any atom is 0.366 e. The molecule has 0 saturated heterocycles. The minimum absolute atomic E-state index is 0.111. The van der Waals surface area contributed by atoms with Crippen molar-refractivity contribution in [2.75, 3.05) is 5.73 Å². The van der Waals surface area contributed by atoms with Gasteiger partial charge in [0.25, 0.3) is 0 Å². The normalized spacial score (nSPS) is 12.0. The topological polar surface area (TPSA) is 124 Å². The number of hydrogen-bond donors (Lipinski definition) is 2. The number of halogens is 1. The zero-order valence-corrected chi connectivity index (χ0v) is 12.0. The first-order chi connectivity index (χ1) is 10.3. The van der Waals surface area contributed by atoms with E-state index in [9.17, 15) is 17.4 Å². The highest BCUT2D eigenvalue weighted by Crippen LogP contribution is 2.27. The summed E-state index contributed by atoms with van der Waals surface area (Å²) < 4.78 is 46.4. The van der Waals surface area contributed by atoms with Crippen molar-refractivity contribution in [3.8, 4) is 11.4 Å². The molecule has 22 heavy (non-hydrogen) atoms. The molecule has 0 radical (unpaired) electrons. The Morgan fingerprint density at radius 3 is 2.41 bits per heavy atom. The van der Waals surface area contributed by atoms with Crippen LogP contribution in [0.5, 0.6) is 0 Å². The second-order valence-electron chi connectivity index (χ2n) is 4.52. The molecule has 2 aromatic heterocycles. The minimum atomic E-state index is -4.69. The van der Waals surface area contributed by atoms with Gasteiger partial charge in [-0.1, -0.05) is 0 Å². The van der Waals surface area contributed by atoms with E-state index in [1.54, 1.807) is 6.92 Å². The van der Waals surface area contributed by atoms with E-state index < -0.39 is 16.1 Å². The molecule has 0 bridgehead atoms. The van der Waals surface area contributed by atoms with Crippen LogP contribution in [0.2, 0.25) is 0 Å². The molecule has 3 rings (SSSR count). The molecule has 0 saturated carbocycles. The van der Waals surface area contributed by atoms with Crippen LogP contribution in [0.1, 0.15) is 5.69 Å². The minimum Gasteiger partial charge on any atom is -0.368 e. The number of anilines is 1. The molecule has 0 aliphatic rings. The van der Waals surface area contributed by atoms with E-state index in [4.69, 9.17) is 5.73 Å². The van der Waals surface area contributed by atoms with Crippen LogP contribution in [-0.4, -0.2) is 31.9 Å².